The number of rotatable bonds is 7. The van der Waals surface area contributed by atoms with Crippen LogP contribution in [-0.4, -0.2) is 30.3 Å². The highest BCUT2D eigenvalue weighted by Crippen LogP contribution is 2.24. The van der Waals surface area contributed by atoms with Gasteiger partial charge in [-0.05, 0) is 38.0 Å². The highest BCUT2D eigenvalue weighted by atomic mass is 35.5. The van der Waals surface area contributed by atoms with Gasteiger partial charge in [0, 0.05) is 6.54 Å². The summed E-state index contributed by atoms with van der Waals surface area (Å²) in [5.41, 5.74) is 0. The summed E-state index contributed by atoms with van der Waals surface area (Å²) in [6.07, 6.45) is 0.956. The van der Waals surface area contributed by atoms with Crippen molar-refractivity contribution in [3.8, 4) is 5.75 Å². The fourth-order valence-electron chi connectivity index (χ4n) is 1.41. The number of hydrogen-bond acceptors (Lipinski definition) is 3. The zero-order valence-electron chi connectivity index (χ0n) is 10.7. The first kappa shape index (κ1) is 15.7. The maximum atomic E-state index is 12.8. The quantitative estimate of drug-likeness (QED) is 0.756. The molecule has 1 unspecified atom stereocenters. The molecule has 0 spiro atoms. The van der Waals surface area contributed by atoms with Gasteiger partial charge in [0.05, 0.1) is 11.1 Å². The van der Waals surface area contributed by atoms with Crippen LogP contribution in [0.2, 0.25) is 5.02 Å². The van der Waals surface area contributed by atoms with E-state index in [1.807, 2.05) is 0 Å². The third-order valence-electron chi connectivity index (χ3n) is 2.37. The first-order valence-corrected chi connectivity index (χ1v) is 6.39. The molecule has 2 N–H and O–H groups in total. The molecule has 6 heteroatoms. The van der Waals surface area contributed by atoms with Crippen molar-refractivity contribution in [2.24, 2.45) is 0 Å². The summed E-state index contributed by atoms with van der Waals surface area (Å²) >= 11 is 5.75. The SMILES string of the molecule is CC(O)CCCNC(=O)COc1ccc(F)cc1Cl. The van der Waals surface area contributed by atoms with Crippen LogP contribution in [0.3, 0.4) is 0 Å². The van der Waals surface area contributed by atoms with E-state index < -0.39 is 5.82 Å². The Kier molecular flexibility index (Phi) is 6.59. The molecule has 0 saturated carbocycles. The zero-order chi connectivity index (χ0) is 14.3. The van der Waals surface area contributed by atoms with Gasteiger partial charge in [0.2, 0.25) is 0 Å². The van der Waals surface area contributed by atoms with Crippen LogP contribution in [-0.2, 0) is 4.79 Å². The number of carbonyl (C=O) groups is 1. The standard InChI is InChI=1S/C13H17ClFNO3/c1-9(17)3-2-6-16-13(18)8-19-12-5-4-10(15)7-11(12)14/h4-5,7,9,17H,2-3,6,8H2,1H3,(H,16,18). The van der Waals surface area contributed by atoms with E-state index in [2.05, 4.69) is 5.32 Å². The fourth-order valence-corrected chi connectivity index (χ4v) is 1.63. The second kappa shape index (κ2) is 7.96. The average molecular weight is 290 g/mol. The minimum absolute atomic E-state index is 0.127. The predicted molar refractivity (Wildman–Crippen MR) is 70.8 cm³/mol. The highest BCUT2D eigenvalue weighted by molar-refractivity contribution is 6.32. The average Bonchev–Trinajstić information content (AvgIpc) is 2.33. The lowest BCUT2D eigenvalue weighted by atomic mass is 10.2. The van der Waals surface area contributed by atoms with Crippen molar-refractivity contribution in [3.05, 3.63) is 29.0 Å². The summed E-state index contributed by atoms with van der Waals surface area (Å²) in [4.78, 5) is 11.4. The lowest BCUT2D eigenvalue weighted by molar-refractivity contribution is -0.123. The number of aliphatic hydroxyl groups excluding tert-OH is 1. The largest absolute Gasteiger partial charge is 0.482 e. The molecule has 0 aliphatic rings. The van der Waals surface area contributed by atoms with Gasteiger partial charge in [0.15, 0.2) is 6.61 Å². The van der Waals surface area contributed by atoms with Crippen molar-refractivity contribution in [2.75, 3.05) is 13.2 Å². The zero-order valence-corrected chi connectivity index (χ0v) is 11.4. The number of aliphatic hydroxyl groups is 1. The molecule has 1 atom stereocenters. The molecule has 1 amide bonds. The van der Waals surface area contributed by atoms with Crippen LogP contribution in [0.5, 0.6) is 5.75 Å². The summed E-state index contributed by atoms with van der Waals surface area (Å²) in [5, 5.41) is 11.8. The van der Waals surface area contributed by atoms with E-state index in [-0.39, 0.29) is 29.4 Å². The number of amides is 1. The molecule has 0 aliphatic carbocycles. The summed E-state index contributed by atoms with van der Waals surface area (Å²) in [6, 6.07) is 3.71. The van der Waals surface area contributed by atoms with E-state index in [9.17, 15) is 9.18 Å². The van der Waals surface area contributed by atoms with Gasteiger partial charge in [-0.3, -0.25) is 4.79 Å². The van der Waals surface area contributed by atoms with Gasteiger partial charge in [-0.15, -0.1) is 0 Å². The highest BCUT2D eigenvalue weighted by Gasteiger charge is 2.06. The van der Waals surface area contributed by atoms with Crippen molar-refractivity contribution in [3.63, 3.8) is 0 Å². The lowest BCUT2D eigenvalue weighted by Crippen LogP contribution is -2.30. The van der Waals surface area contributed by atoms with E-state index in [1.54, 1.807) is 6.92 Å². The Morgan fingerprint density at radius 2 is 2.32 bits per heavy atom. The third-order valence-corrected chi connectivity index (χ3v) is 2.67. The summed E-state index contributed by atoms with van der Waals surface area (Å²) in [5.74, 6) is -0.479. The van der Waals surface area contributed by atoms with Crippen molar-refractivity contribution < 1.29 is 19.0 Å². The Bertz CT molecular complexity index is 426. The molecule has 0 aromatic heterocycles. The molecule has 0 saturated heterocycles. The predicted octanol–water partition coefficient (Wildman–Crippen LogP) is 2.14. The van der Waals surface area contributed by atoms with Crippen molar-refractivity contribution >= 4 is 17.5 Å². The lowest BCUT2D eigenvalue weighted by Gasteiger charge is -2.09. The van der Waals surface area contributed by atoms with Gasteiger partial charge in [-0.1, -0.05) is 11.6 Å². The van der Waals surface area contributed by atoms with Crippen molar-refractivity contribution in [2.45, 2.75) is 25.9 Å². The molecule has 0 fully saturated rings. The number of benzene rings is 1. The number of hydrogen-bond donors (Lipinski definition) is 2. The van der Waals surface area contributed by atoms with Crippen LogP contribution in [0.1, 0.15) is 19.8 Å². The summed E-state index contributed by atoms with van der Waals surface area (Å²) < 4.78 is 17.9. The molecule has 4 nitrogen and oxygen atoms in total. The van der Waals surface area contributed by atoms with Gasteiger partial charge in [-0.25, -0.2) is 4.39 Å². The monoisotopic (exact) mass is 289 g/mol. The molecule has 0 bridgehead atoms. The second-order valence-corrected chi connectivity index (χ2v) is 4.61. The molecule has 0 aliphatic heterocycles. The molecular formula is C13H17ClFNO3. The Morgan fingerprint density at radius 3 is 2.95 bits per heavy atom. The number of carbonyl (C=O) groups excluding carboxylic acids is 1. The Hall–Kier alpha value is -1.33. The van der Waals surface area contributed by atoms with E-state index in [1.165, 1.54) is 12.1 Å². The van der Waals surface area contributed by atoms with E-state index in [0.717, 1.165) is 6.07 Å². The van der Waals surface area contributed by atoms with Crippen LogP contribution in [0.25, 0.3) is 0 Å². The number of ether oxygens (including phenoxy) is 1. The van der Waals surface area contributed by atoms with Gasteiger partial charge in [0.1, 0.15) is 11.6 Å². The number of halogens is 2. The minimum atomic E-state index is -0.458. The Balaban J connectivity index is 2.26. The van der Waals surface area contributed by atoms with Crippen molar-refractivity contribution in [1.29, 1.82) is 0 Å². The van der Waals surface area contributed by atoms with Crippen LogP contribution in [0.4, 0.5) is 4.39 Å². The minimum Gasteiger partial charge on any atom is -0.482 e. The Morgan fingerprint density at radius 1 is 1.58 bits per heavy atom. The van der Waals surface area contributed by atoms with Crippen LogP contribution < -0.4 is 10.1 Å². The van der Waals surface area contributed by atoms with Gasteiger partial charge < -0.3 is 15.2 Å². The van der Waals surface area contributed by atoms with Gasteiger partial charge >= 0.3 is 0 Å². The molecule has 1 rings (SSSR count). The van der Waals surface area contributed by atoms with E-state index >= 15 is 0 Å². The van der Waals surface area contributed by atoms with Gasteiger partial charge in [-0.2, -0.15) is 0 Å². The first-order chi connectivity index (χ1) is 8.99. The van der Waals surface area contributed by atoms with Crippen LogP contribution in [0, 0.1) is 5.82 Å². The van der Waals surface area contributed by atoms with E-state index in [4.69, 9.17) is 21.4 Å². The molecule has 0 heterocycles. The molecule has 106 valence electrons. The maximum Gasteiger partial charge on any atom is 0.257 e. The smallest absolute Gasteiger partial charge is 0.257 e. The molecule has 19 heavy (non-hydrogen) atoms. The van der Waals surface area contributed by atoms with Crippen LogP contribution >= 0.6 is 11.6 Å². The Labute approximate surface area is 116 Å². The molecule has 0 radical (unpaired) electrons. The topological polar surface area (TPSA) is 58.6 Å². The van der Waals surface area contributed by atoms with Crippen LogP contribution in [0.15, 0.2) is 18.2 Å². The molecule has 1 aromatic rings. The number of nitrogens with one attached hydrogen (secondary N) is 1. The first-order valence-electron chi connectivity index (χ1n) is 6.01. The second-order valence-electron chi connectivity index (χ2n) is 4.20. The van der Waals surface area contributed by atoms with Crippen molar-refractivity contribution in [1.82, 2.24) is 5.32 Å². The molecule has 1 aromatic carbocycles. The third kappa shape index (κ3) is 6.40. The van der Waals surface area contributed by atoms with Gasteiger partial charge in [0.25, 0.3) is 5.91 Å². The molecular weight excluding hydrogens is 273 g/mol. The van der Waals surface area contributed by atoms with E-state index in [0.29, 0.717) is 19.4 Å². The summed E-state index contributed by atoms with van der Waals surface area (Å²) in [6.45, 7) is 1.99. The maximum absolute atomic E-state index is 12.8. The fraction of sp³-hybridized carbons (Fsp3) is 0.462. The summed E-state index contributed by atoms with van der Waals surface area (Å²) in [7, 11) is 0. The normalized spacial score (nSPS) is 12.0.